The van der Waals surface area contributed by atoms with Gasteiger partial charge in [0.1, 0.15) is 5.82 Å². The zero-order valence-corrected chi connectivity index (χ0v) is 11.4. The van der Waals surface area contributed by atoms with Gasteiger partial charge < -0.3 is 15.5 Å². The fourth-order valence-corrected chi connectivity index (χ4v) is 1.57. The van der Waals surface area contributed by atoms with Gasteiger partial charge in [-0.1, -0.05) is 13.0 Å². The van der Waals surface area contributed by atoms with Gasteiger partial charge in [0.15, 0.2) is 0 Å². The van der Waals surface area contributed by atoms with Gasteiger partial charge in [-0.3, -0.25) is 4.79 Å². The monoisotopic (exact) mass is 250 g/mol. The molecule has 1 rings (SSSR count). The molecule has 18 heavy (non-hydrogen) atoms. The molecule has 1 aromatic rings. The molecule has 0 radical (unpaired) electrons. The van der Waals surface area contributed by atoms with Crippen molar-refractivity contribution < 1.29 is 4.79 Å². The molecule has 5 heteroatoms. The lowest BCUT2D eigenvalue weighted by atomic mass is 10.3. The second kappa shape index (κ2) is 7.66. The maximum Gasteiger partial charge on any atom is 0.239 e. The van der Waals surface area contributed by atoms with E-state index in [1.54, 1.807) is 0 Å². The van der Waals surface area contributed by atoms with Gasteiger partial charge in [0.2, 0.25) is 5.91 Å². The Morgan fingerprint density at radius 3 is 2.78 bits per heavy atom. The zero-order chi connectivity index (χ0) is 13.4. The van der Waals surface area contributed by atoms with E-state index in [1.807, 2.05) is 44.2 Å². The summed E-state index contributed by atoms with van der Waals surface area (Å²) in [5.74, 6) is 0.835. The van der Waals surface area contributed by atoms with Gasteiger partial charge in [0, 0.05) is 26.3 Å². The van der Waals surface area contributed by atoms with Crippen LogP contribution in [0, 0.1) is 0 Å². The summed E-state index contributed by atoms with van der Waals surface area (Å²) in [7, 11) is 3.77. The first-order valence-corrected chi connectivity index (χ1v) is 6.24. The number of carbonyl (C=O) groups excluding carboxylic acids is 1. The number of hydrogen-bond acceptors (Lipinski definition) is 4. The lowest BCUT2D eigenvalue weighted by Crippen LogP contribution is -2.35. The number of likely N-dealkylation sites (N-methyl/N-ethyl adjacent to an activating group) is 1. The second-order valence-corrected chi connectivity index (χ2v) is 4.26. The average molecular weight is 250 g/mol. The first kappa shape index (κ1) is 14.4. The van der Waals surface area contributed by atoms with Crippen molar-refractivity contribution in [1.29, 1.82) is 0 Å². The highest BCUT2D eigenvalue weighted by molar-refractivity contribution is 5.80. The van der Waals surface area contributed by atoms with Crippen LogP contribution in [0.15, 0.2) is 18.3 Å². The summed E-state index contributed by atoms with van der Waals surface area (Å²) in [6.07, 6.45) is 2.78. The van der Waals surface area contributed by atoms with Crippen LogP contribution in [0.1, 0.15) is 18.9 Å². The number of amides is 1. The van der Waals surface area contributed by atoms with Crippen LogP contribution in [0.25, 0.3) is 0 Å². The summed E-state index contributed by atoms with van der Waals surface area (Å²) in [6, 6.07) is 3.94. The number of nitrogens with one attached hydrogen (secondary N) is 2. The van der Waals surface area contributed by atoms with E-state index in [9.17, 15) is 4.79 Å². The summed E-state index contributed by atoms with van der Waals surface area (Å²) in [5.41, 5.74) is 1.13. The first-order chi connectivity index (χ1) is 8.67. The average Bonchev–Trinajstić information content (AvgIpc) is 2.37. The van der Waals surface area contributed by atoms with Crippen LogP contribution < -0.4 is 15.5 Å². The molecule has 1 aromatic heterocycles. The molecule has 0 fully saturated rings. The summed E-state index contributed by atoms with van der Waals surface area (Å²) < 4.78 is 0. The number of hydrogen-bond donors (Lipinski definition) is 2. The predicted octanol–water partition coefficient (Wildman–Crippen LogP) is 0.763. The largest absolute Gasteiger partial charge is 0.355 e. The fourth-order valence-electron chi connectivity index (χ4n) is 1.57. The van der Waals surface area contributed by atoms with Crippen molar-refractivity contribution in [1.82, 2.24) is 15.6 Å². The fraction of sp³-hybridized carbons (Fsp3) is 0.538. The smallest absolute Gasteiger partial charge is 0.239 e. The maximum absolute atomic E-state index is 11.6. The van der Waals surface area contributed by atoms with Crippen LogP contribution in [0.2, 0.25) is 0 Å². The standard InChI is InChI=1S/C13H22N4O/c1-4-7-15-13(18)10-17(3)12-6-5-11(8-14-2)9-16-12/h5-6,9,14H,4,7-8,10H2,1-3H3,(H,15,18). The van der Waals surface area contributed by atoms with E-state index in [0.29, 0.717) is 6.54 Å². The second-order valence-electron chi connectivity index (χ2n) is 4.26. The number of rotatable bonds is 7. The predicted molar refractivity (Wildman–Crippen MR) is 73.6 cm³/mol. The van der Waals surface area contributed by atoms with Gasteiger partial charge in [-0.05, 0) is 25.1 Å². The van der Waals surface area contributed by atoms with Crippen LogP contribution in [0.4, 0.5) is 5.82 Å². The molecule has 2 N–H and O–H groups in total. The number of anilines is 1. The zero-order valence-electron chi connectivity index (χ0n) is 11.4. The minimum Gasteiger partial charge on any atom is -0.355 e. The van der Waals surface area contributed by atoms with Crippen molar-refractivity contribution in [2.24, 2.45) is 0 Å². The molecule has 0 spiro atoms. The number of nitrogens with zero attached hydrogens (tertiary/aromatic N) is 2. The highest BCUT2D eigenvalue weighted by atomic mass is 16.2. The molecule has 0 aliphatic carbocycles. The summed E-state index contributed by atoms with van der Waals surface area (Å²) in [5, 5.41) is 5.92. The minimum absolute atomic E-state index is 0.0282. The van der Waals surface area contributed by atoms with Crippen molar-refractivity contribution in [2.75, 3.05) is 32.1 Å². The van der Waals surface area contributed by atoms with Crippen molar-refractivity contribution >= 4 is 11.7 Å². The highest BCUT2D eigenvalue weighted by Crippen LogP contribution is 2.09. The van der Waals surface area contributed by atoms with E-state index < -0.39 is 0 Å². The Hall–Kier alpha value is -1.62. The summed E-state index contributed by atoms with van der Waals surface area (Å²) in [6.45, 7) is 3.89. The Kier molecular flexibility index (Phi) is 6.14. The van der Waals surface area contributed by atoms with Crippen molar-refractivity contribution in [3.05, 3.63) is 23.9 Å². The summed E-state index contributed by atoms with van der Waals surface area (Å²) >= 11 is 0. The molecular formula is C13H22N4O. The Balaban J connectivity index is 2.50. The molecule has 0 aromatic carbocycles. The molecule has 0 bridgehead atoms. The van der Waals surface area contributed by atoms with Crippen LogP contribution in [0.5, 0.6) is 0 Å². The molecule has 0 aliphatic heterocycles. The Bertz CT molecular complexity index is 364. The van der Waals surface area contributed by atoms with Gasteiger partial charge in [-0.25, -0.2) is 4.98 Å². The Labute approximate surface area is 109 Å². The molecule has 1 heterocycles. The van der Waals surface area contributed by atoms with E-state index in [-0.39, 0.29) is 5.91 Å². The van der Waals surface area contributed by atoms with E-state index >= 15 is 0 Å². The van der Waals surface area contributed by atoms with Gasteiger partial charge in [0.05, 0.1) is 6.54 Å². The van der Waals surface area contributed by atoms with E-state index in [0.717, 1.165) is 30.9 Å². The van der Waals surface area contributed by atoms with Crippen molar-refractivity contribution in [3.63, 3.8) is 0 Å². The molecule has 1 amide bonds. The van der Waals surface area contributed by atoms with Gasteiger partial charge >= 0.3 is 0 Å². The highest BCUT2D eigenvalue weighted by Gasteiger charge is 2.07. The Morgan fingerprint density at radius 1 is 1.44 bits per heavy atom. The Morgan fingerprint density at radius 2 is 2.22 bits per heavy atom. The number of pyridine rings is 1. The minimum atomic E-state index is 0.0282. The van der Waals surface area contributed by atoms with Crippen molar-refractivity contribution in [3.8, 4) is 0 Å². The molecule has 0 saturated heterocycles. The van der Waals surface area contributed by atoms with Crippen molar-refractivity contribution in [2.45, 2.75) is 19.9 Å². The van der Waals surface area contributed by atoms with Crippen LogP contribution in [-0.4, -0.2) is 38.1 Å². The lowest BCUT2D eigenvalue weighted by Gasteiger charge is -2.17. The topological polar surface area (TPSA) is 57.3 Å². The van der Waals surface area contributed by atoms with E-state index in [1.165, 1.54) is 0 Å². The van der Waals surface area contributed by atoms with Crippen LogP contribution in [0.3, 0.4) is 0 Å². The first-order valence-electron chi connectivity index (χ1n) is 6.24. The molecule has 0 unspecified atom stereocenters. The number of aromatic nitrogens is 1. The molecule has 5 nitrogen and oxygen atoms in total. The maximum atomic E-state index is 11.6. The van der Waals surface area contributed by atoms with Gasteiger partial charge in [-0.15, -0.1) is 0 Å². The van der Waals surface area contributed by atoms with Gasteiger partial charge in [0.25, 0.3) is 0 Å². The van der Waals surface area contributed by atoms with E-state index in [4.69, 9.17) is 0 Å². The quantitative estimate of drug-likeness (QED) is 0.750. The van der Waals surface area contributed by atoms with Gasteiger partial charge in [-0.2, -0.15) is 0 Å². The molecule has 0 aliphatic rings. The summed E-state index contributed by atoms with van der Waals surface area (Å²) in [4.78, 5) is 17.7. The lowest BCUT2D eigenvalue weighted by molar-refractivity contribution is -0.119. The molecular weight excluding hydrogens is 228 g/mol. The van der Waals surface area contributed by atoms with Crippen LogP contribution >= 0.6 is 0 Å². The third-order valence-electron chi connectivity index (χ3n) is 2.53. The number of carbonyl (C=O) groups is 1. The molecule has 0 saturated carbocycles. The molecule has 0 atom stereocenters. The SMILES string of the molecule is CCCNC(=O)CN(C)c1ccc(CNC)cn1. The normalized spacial score (nSPS) is 10.2. The molecule has 100 valence electrons. The third kappa shape index (κ3) is 4.71. The van der Waals surface area contributed by atoms with Crippen LogP contribution in [-0.2, 0) is 11.3 Å². The van der Waals surface area contributed by atoms with E-state index in [2.05, 4.69) is 15.6 Å². The third-order valence-corrected chi connectivity index (χ3v) is 2.53.